The molecule has 0 aromatic heterocycles. The van der Waals surface area contributed by atoms with Crippen molar-refractivity contribution in [2.24, 2.45) is 0 Å². The molecule has 1 unspecified atom stereocenters. The Morgan fingerprint density at radius 3 is 2.90 bits per heavy atom. The first kappa shape index (κ1) is 12.3. The van der Waals surface area contributed by atoms with Gasteiger partial charge < -0.3 is 15.0 Å². The molecule has 1 amide bonds. The van der Waals surface area contributed by atoms with Crippen molar-refractivity contribution in [3.8, 4) is 5.75 Å². The molecular formula is C17H16N2O2. The van der Waals surface area contributed by atoms with E-state index in [0.717, 1.165) is 17.1 Å². The zero-order chi connectivity index (χ0) is 14.2. The average molecular weight is 280 g/mol. The molecule has 1 atom stereocenters. The monoisotopic (exact) mass is 280 g/mol. The summed E-state index contributed by atoms with van der Waals surface area (Å²) in [5.41, 5.74) is 3.17. The maximum absolute atomic E-state index is 12.3. The van der Waals surface area contributed by atoms with Crippen molar-refractivity contribution in [2.45, 2.75) is 5.92 Å². The predicted molar refractivity (Wildman–Crippen MR) is 82.0 cm³/mol. The highest BCUT2D eigenvalue weighted by atomic mass is 16.5. The van der Waals surface area contributed by atoms with Gasteiger partial charge in [-0.15, -0.1) is 0 Å². The van der Waals surface area contributed by atoms with Crippen LogP contribution >= 0.6 is 0 Å². The summed E-state index contributed by atoms with van der Waals surface area (Å²) in [5, 5.41) is 3.16. The van der Waals surface area contributed by atoms with E-state index < -0.39 is 0 Å². The Balaban J connectivity index is 1.65. The standard InChI is InChI=1S/C17H16N2O2/c20-17-9-18-14-6-2-3-7-15(14)19(17)10-12-11-21-16-8-4-1-5-13(12)16/h1-8,12,18H,9-11H2. The second-order valence-electron chi connectivity index (χ2n) is 5.42. The molecule has 106 valence electrons. The summed E-state index contributed by atoms with van der Waals surface area (Å²) in [5.74, 6) is 1.28. The van der Waals surface area contributed by atoms with E-state index in [2.05, 4.69) is 11.4 Å². The van der Waals surface area contributed by atoms with Crippen LogP contribution in [0.2, 0.25) is 0 Å². The number of rotatable bonds is 2. The fourth-order valence-electron chi connectivity index (χ4n) is 3.06. The molecule has 21 heavy (non-hydrogen) atoms. The first-order valence-corrected chi connectivity index (χ1v) is 7.18. The Bertz CT molecular complexity index is 699. The molecule has 4 nitrogen and oxygen atoms in total. The zero-order valence-electron chi connectivity index (χ0n) is 11.6. The Morgan fingerprint density at radius 1 is 1.14 bits per heavy atom. The molecule has 2 aliphatic heterocycles. The third kappa shape index (κ3) is 2.03. The topological polar surface area (TPSA) is 41.6 Å². The van der Waals surface area contributed by atoms with Gasteiger partial charge in [-0.05, 0) is 18.2 Å². The Kier molecular flexibility index (Phi) is 2.81. The minimum absolute atomic E-state index is 0.109. The maximum Gasteiger partial charge on any atom is 0.246 e. The molecule has 0 spiro atoms. The van der Waals surface area contributed by atoms with Gasteiger partial charge in [-0.25, -0.2) is 0 Å². The minimum Gasteiger partial charge on any atom is -0.493 e. The maximum atomic E-state index is 12.3. The van der Waals surface area contributed by atoms with Crippen molar-refractivity contribution in [3.05, 3.63) is 54.1 Å². The molecule has 0 radical (unpaired) electrons. The van der Waals surface area contributed by atoms with E-state index in [9.17, 15) is 4.79 Å². The largest absolute Gasteiger partial charge is 0.493 e. The lowest BCUT2D eigenvalue weighted by Gasteiger charge is -2.31. The predicted octanol–water partition coefficient (Wildman–Crippen LogP) is 2.62. The summed E-state index contributed by atoms with van der Waals surface area (Å²) in [4.78, 5) is 14.2. The molecular weight excluding hydrogens is 264 g/mol. The number of ether oxygens (including phenoxy) is 1. The number of nitrogens with zero attached hydrogens (tertiary/aromatic N) is 1. The van der Waals surface area contributed by atoms with Gasteiger partial charge in [0.1, 0.15) is 5.75 Å². The molecule has 1 N–H and O–H groups in total. The van der Waals surface area contributed by atoms with Crippen molar-refractivity contribution in [2.75, 3.05) is 29.9 Å². The van der Waals surface area contributed by atoms with Crippen molar-refractivity contribution in [1.82, 2.24) is 0 Å². The first-order chi connectivity index (χ1) is 10.3. The van der Waals surface area contributed by atoms with E-state index in [1.165, 1.54) is 5.56 Å². The molecule has 0 fully saturated rings. The molecule has 2 heterocycles. The van der Waals surface area contributed by atoms with Crippen LogP contribution in [-0.4, -0.2) is 25.6 Å². The number of carbonyl (C=O) groups excluding carboxylic acids is 1. The lowest BCUT2D eigenvalue weighted by molar-refractivity contribution is -0.117. The zero-order valence-corrected chi connectivity index (χ0v) is 11.6. The van der Waals surface area contributed by atoms with Crippen LogP contribution in [0.3, 0.4) is 0 Å². The Hall–Kier alpha value is -2.49. The van der Waals surface area contributed by atoms with E-state index in [-0.39, 0.29) is 11.8 Å². The van der Waals surface area contributed by atoms with Gasteiger partial charge >= 0.3 is 0 Å². The van der Waals surface area contributed by atoms with Gasteiger partial charge in [-0.1, -0.05) is 30.3 Å². The smallest absolute Gasteiger partial charge is 0.246 e. The highest BCUT2D eigenvalue weighted by Gasteiger charge is 2.30. The van der Waals surface area contributed by atoms with Crippen molar-refractivity contribution < 1.29 is 9.53 Å². The quantitative estimate of drug-likeness (QED) is 0.919. The number of nitrogens with one attached hydrogen (secondary N) is 1. The molecule has 0 saturated heterocycles. The van der Waals surface area contributed by atoms with E-state index in [4.69, 9.17) is 4.74 Å². The highest BCUT2D eigenvalue weighted by molar-refractivity contribution is 6.02. The normalized spacial score (nSPS) is 19.5. The summed E-state index contributed by atoms with van der Waals surface area (Å²) in [6.45, 7) is 1.65. The first-order valence-electron chi connectivity index (χ1n) is 7.18. The minimum atomic E-state index is 0.109. The lowest BCUT2D eigenvalue weighted by atomic mass is 10.00. The number of hydrogen-bond donors (Lipinski definition) is 1. The van der Waals surface area contributed by atoms with Gasteiger partial charge in [0.2, 0.25) is 5.91 Å². The molecule has 2 aliphatic rings. The fourth-order valence-corrected chi connectivity index (χ4v) is 3.06. The third-order valence-electron chi connectivity index (χ3n) is 4.13. The van der Waals surface area contributed by atoms with E-state index in [1.54, 1.807) is 0 Å². The fraction of sp³-hybridized carbons (Fsp3) is 0.235. The van der Waals surface area contributed by atoms with Gasteiger partial charge in [0.15, 0.2) is 0 Å². The van der Waals surface area contributed by atoms with E-state index in [1.807, 2.05) is 47.4 Å². The number of fused-ring (bicyclic) bond motifs is 2. The molecule has 0 aliphatic carbocycles. The summed E-state index contributed by atoms with van der Waals surface area (Å²) in [6, 6.07) is 16.0. The van der Waals surface area contributed by atoms with Crippen molar-refractivity contribution >= 4 is 17.3 Å². The van der Waals surface area contributed by atoms with Crippen LogP contribution in [0.5, 0.6) is 5.75 Å². The highest BCUT2D eigenvalue weighted by Crippen LogP contribution is 2.36. The summed E-state index contributed by atoms with van der Waals surface area (Å²) in [7, 11) is 0. The number of hydrogen-bond acceptors (Lipinski definition) is 3. The third-order valence-corrected chi connectivity index (χ3v) is 4.13. The number of anilines is 2. The number of carbonyl (C=O) groups is 1. The van der Waals surface area contributed by atoms with Gasteiger partial charge in [-0.3, -0.25) is 4.79 Å². The Morgan fingerprint density at radius 2 is 1.95 bits per heavy atom. The van der Waals surface area contributed by atoms with E-state index >= 15 is 0 Å². The summed E-state index contributed by atoms with van der Waals surface area (Å²) in [6.07, 6.45) is 0. The average Bonchev–Trinajstić information content (AvgIpc) is 2.93. The Labute approximate surface area is 123 Å². The van der Waals surface area contributed by atoms with Crippen LogP contribution < -0.4 is 15.0 Å². The SMILES string of the molecule is O=C1CNc2ccccc2N1CC1COc2ccccc21. The van der Waals surface area contributed by atoms with Gasteiger partial charge in [0.05, 0.1) is 24.5 Å². The number of benzene rings is 2. The molecule has 0 bridgehead atoms. The molecule has 0 saturated carbocycles. The van der Waals surface area contributed by atoms with Crippen molar-refractivity contribution in [3.63, 3.8) is 0 Å². The molecule has 2 aromatic rings. The molecule has 2 aromatic carbocycles. The van der Waals surface area contributed by atoms with Crippen LogP contribution in [0.1, 0.15) is 11.5 Å². The molecule has 4 heteroatoms. The van der Waals surface area contributed by atoms with Crippen LogP contribution in [-0.2, 0) is 4.79 Å². The molecule has 4 rings (SSSR count). The van der Waals surface area contributed by atoms with Gasteiger partial charge in [0, 0.05) is 18.0 Å². The summed E-state index contributed by atoms with van der Waals surface area (Å²) >= 11 is 0. The second-order valence-corrected chi connectivity index (χ2v) is 5.42. The van der Waals surface area contributed by atoms with Crippen molar-refractivity contribution in [1.29, 1.82) is 0 Å². The van der Waals surface area contributed by atoms with Crippen LogP contribution in [0, 0.1) is 0 Å². The number of para-hydroxylation sites is 3. The van der Waals surface area contributed by atoms with Gasteiger partial charge in [-0.2, -0.15) is 0 Å². The van der Waals surface area contributed by atoms with Crippen LogP contribution in [0.15, 0.2) is 48.5 Å². The van der Waals surface area contributed by atoms with Crippen LogP contribution in [0.25, 0.3) is 0 Å². The van der Waals surface area contributed by atoms with Gasteiger partial charge in [0.25, 0.3) is 0 Å². The summed E-state index contributed by atoms with van der Waals surface area (Å²) < 4.78 is 5.72. The lowest BCUT2D eigenvalue weighted by Crippen LogP contribution is -2.42. The van der Waals surface area contributed by atoms with Crippen LogP contribution in [0.4, 0.5) is 11.4 Å². The number of amides is 1. The second kappa shape index (κ2) is 4.81. The van der Waals surface area contributed by atoms with E-state index in [0.29, 0.717) is 19.7 Å².